The lowest BCUT2D eigenvalue weighted by atomic mass is 10.1. The molecular weight excluding hydrogens is 172 g/mol. The second-order valence-electron chi connectivity index (χ2n) is 3.57. The van der Waals surface area contributed by atoms with E-state index in [4.69, 9.17) is 6.11 Å². The predicted molar refractivity (Wildman–Crippen MR) is 61.0 cm³/mol. The minimum Gasteiger partial charge on any atom is -0.377 e. The molecule has 76 valence electrons. The summed E-state index contributed by atoms with van der Waals surface area (Å²) in [6.45, 7) is 7.44. The standard InChI is InChI=1S/C13H18O/c1-4-12-5-7-13(8-6-12)10-14-9-11(2)3/h4-8,11H,1,9-10H2,2-3H3/i2T. The van der Waals surface area contributed by atoms with Crippen molar-refractivity contribution in [2.45, 2.75) is 20.4 Å². The second-order valence-corrected chi connectivity index (χ2v) is 3.57. The summed E-state index contributed by atoms with van der Waals surface area (Å²) in [5.41, 5.74) is 2.29. The Balaban J connectivity index is 2.34. The van der Waals surface area contributed by atoms with Gasteiger partial charge in [0.2, 0.25) is 0 Å². The summed E-state index contributed by atoms with van der Waals surface area (Å²) in [7, 11) is 0. The van der Waals surface area contributed by atoms with Crippen LogP contribution in [0.3, 0.4) is 0 Å². The Morgan fingerprint density at radius 1 is 1.50 bits per heavy atom. The Kier molecular flexibility index (Phi) is 3.80. The van der Waals surface area contributed by atoms with Gasteiger partial charge in [0.15, 0.2) is 0 Å². The van der Waals surface area contributed by atoms with Gasteiger partial charge in [0.1, 0.15) is 0 Å². The summed E-state index contributed by atoms with van der Waals surface area (Å²) < 4.78 is 12.7. The molecule has 0 aromatic heterocycles. The van der Waals surface area contributed by atoms with Crippen LogP contribution in [0.15, 0.2) is 30.8 Å². The van der Waals surface area contributed by atoms with Crippen molar-refractivity contribution in [1.82, 2.24) is 0 Å². The fourth-order valence-electron chi connectivity index (χ4n) is 1.13. The fraction of sp³-hybridized carbons (Fsp3) is 0.385. The SMILES string of the molecule is [3H]CC(C)COCc1ccc(C=C)cc1. The number of hydrogen-bond acceptors (Lipinski definition) is 1. The zero-order chi connectivity index (χ0) is 11.1. The molecule has 1 heteroatoms. The molecule has 14 heavy (non-hydrogen) atoms. The summed E-state index contributed by atoms with van der Waals surface area (Å²) in [5, 5.41) is 0. The number of hydrogen-bond donors (Lipinski definition) is 0. The van der Waals surface area contributed by atoms with Gasteiger partial charge in [-0.1, -0.05) is 50.7 Å². The summed E-state index contributed by atoms with van der Waals surface area (Å²) in [5.74, 6) is 0.317. The van der Waals surface area contributed by atoms with E-state index in [0.717, 1.165) is 11.1 Å². The molecule has 0 saturated heterocycles. The zero-order valence-corrected chi connectivity index (χ0v) is 8.70. The van der Waals surface area contributed by atoms with Crippen molar-refractivity contribution in [3.8, 4) is 0 Å². The van der Waals surface area contributed by atoms with Crippen molar-refractivity contribution < 1.29 is 6.11 Å². The highest BCUT2D eigenvalue weighted by molar-refractivity contribution is 5.47. The van der Waals surface area contributed by atoms with Gasteiger partial charge in [-0.3, -0.25) is 0 Å². The molecule has 0 aliphatic heterocycles. The van der Waals surface area contributed by atoms with Crippen LogP contribution in [0.1, 0.15) is 26.3 Å². The quantitative estimate of drug-likeness (QED) is 0.693. The van der Waals surface area contributed by atoms with Crippen LogP contribution in [0.4, 0.5) is 0 Å². The third-order valence-corrected chi connectivity index (χ3v) is 1.89. The van der Waals surface area contributed by atoms with Crippen LogP contribution in [-0.4, -0.2) is 6.61 Å². The van der Waals surface area contributed by atoms with Gasteiger partial charge in [-0.15, -0.1) is 0 Å². The zero-order valence-electron chi connectivity index (χ0n) is 9.70. The highest BCUT2D eigenvalue weighted by atomic mass is 16.5. The third-order valence-electron chi connectivity index (χ3n) is 1.89. The molecule has 1 aromatic rings. The minimum atomic E-state index is 0.317. The minimum absolute atomic E-state index is 0.317. The van der Waals surface area contributed by atoms with Gasteiger partial charge < -0.3 is 4.74 Å². The molecule has 0 bridgehead atoms. The molecular formula is C13H18O. The lowest BCUT2D eigenvalue weighted by Gasteiger charge is -2.06. The van der Waals surface area contributed by atoms with Crippen LogP contribution in [-0.2, 0) is 11.3 Å². The van der Waals surface area contributed by atoms with Gasteiger partial charge in [-0.25, -0.2) is 0 Å². The first kappa shape index (κ1) is 9.47. The van der Waals surface area contributed by atoms with E-state index in [9.17, 15) is 0 Å². The van der Waals surface area contributed by atoms with Gasteiger partial charge in [0, 0.05) is 7.98 Å². The number of ether oxygens (including phenoxy) is 1. The molecule has 0 saturated carbocycles. The van der Waals surface area contributed by atoms with Crippen LogP contribution in [0.25, 0.3) is 6.08 Å². The van der Waals surface area contributed by atoms with Crippen LogP contribution in [0.5, 0.6) is 0 Å². The number of benzene rings is 1. The van der Waals surface area contributed by atoms with Crippen molar-refractivity contribution in [3.05, 3.63) is 42.0 Å². The fourth-order valence-corrected chi connectivity index (χ4v) is 1.13. The van der Waals surface area contributed by atoms with E-state index >= 15 is 0 Å². The normalized spacial score (nSPS) is 13.4. The molecule has 1 rings (SSSR count). The van der Waals surface area contributed by atoms with Crippen LogP contribution in [0.2, 0.25) is 0 Å². The van der Waals surface area contributed by atoms with Crippen LogP contribution >= 0.6 is 0 Å². The van der Waals surface area contributed by atoms with Crippen LogP contribution in [0, 0.1) is 5.92 Å². The maximum atomic E-state index is 7.15. The van der Waals surface area contributed by atoms with Crippen molar-refractivity contribution in [1.29, 1.82) is 0 Å². The Labute approximate surface area is 87.8 Å². The maximum absolute atomic E-state index is 7.15. The molecule has 0 N–H and O–H groups in total. The van der Waals surface area contributed by atoms with E-state index in [0.29, 0.717) is 26.0 Å². The summed E-state index contributed by atoms with van der Waals surface area (Å²) >= 11 is 0. The summed E-state index contributed by atoms with van der Waals surface area (Å²) in [4.78, 5) is 0. The van der Waals surface area contributed by atoms with E-state index in [1.807, 2.05) is 37.3 Å². The predicted octanol–water partition coefficient (Wildman–Crippen LogP) is 3.50. The van der Waals surface area contributed by atoms with Crippen LogP contribution < -0.4 is 0 Å². The average molecular weight is 192 g/mol. The van der Waals surface area contributed by atoms with Crippen molar-refractivity contribution in [2.24, 2.45) is 5.92 Å². The topological polar surface area (TPSA) is 9.23 Å². The van der Waals surface area contributed by atoms with E-state index in [1.54, 1.807) is 0 Å². The lowest BCUT2D eigenvalue weighted by Crippen LogP contribution is -2.01. The Morgan fingerprint density at radius 2 is 2.21 bits per heavy atom. The average Bonchev–Trinajstić information content (AvgIpc) is 2.29. The first-order valence-electron chi connectivity index (χ1n) is 5.55. The Morgan fingerprint density at radius 3 is 2.79 bits per heavy atom. The first-order chi connectivity index (χ1) is 7.26. The summed E-state index contributed by atoms with van der Waals surface area (Å²) in [6.07, 6.45) is 1.83. The molecule has 0 heterocycles. The summed E-state index contributed by atoms with van der Waals surface area (Å²) in [6, 6.07) is 8.14. The van der Waals surface area contributed by atoms with E-state index in [2.05, 4.69) is 6.58 Å². The Bertz CT molecular complexity index is 292. The molecule has 0 aliphatic carbocycles. The monoisotopic (exact) mass is 192 g/mol. The molecule has 0 radical (unpaired) electrons. The molecule has 0 fully saturated rings. The largest absolute Gasteiger partial charge is 0.377 e. The number of rotatable bonds is 5. The van der Waals surface area contributed by atoms with E-state index in [1.165, 1.54) is 0 Å². The molecule has 0 aliphatic rings. The third kappa shape index (κ3) is 3.75. The molecule has 1 aromatic carbocycles. The van der Waals surface area contributed by atoms with E-state index < -0.39 is 0 Å². The van der Waals surface area contributed by atoms with Crippen molar-refractivity contribution in [3.63, 3.8) is 0 Å². The second kappa shape index (κ2) is 5.61. The van der Waals surface area contributed by atoms with E-state index in [-0.39, 0.29) is 0 Å². The van der Waals surface area contributed by atoms with Gasteiger partial charge >= 0.3 is 0 Å². The lowest BCUT2D eigenvalue weighted by molar-refractivity contribution is 0.0971. The molecule has 1 nitrogen and oxygen atoms in total. The van der Waals surface area contributed by atoms with Crippen molar-refractivity contribution in [2.75, 3.05) is 6.61 Å². The molecule has 0 amide bonds. The molecule has 1 atom stereocenters. The van der Waals surface area contributed by atoms with Gasteiger partial charge in [-0.05, 0) is 17.0 Å². The van der Waals surface area contributed by atoms with Gasteiger partial charge in [-0.2, -0.15) is 0 Å². The smallest absolute Gasteiger partial charge is 0.0717 e. The molecule has 0 spiro atoms. The maximum Gasteiger partial charge on any atom is 0.0717 e. The highest BCUT2D eigenvalue weighted by Crippen LogP contribution is 2.07. The first-order valence-corrected chi connectivity index (χ1v) is 4.84. The highest BCUT2D eigenvalue weighted by Gasteiger charge is 1.95. The van der Waals surface area contributed by atoms with Gasteiger partial charge in [0.25, 0.3) is 0 Å². The molecule has 1 unspecified atom stereocenters. The Hall–Kier alpha value is -1.08. The van der Waals surface area contributed by atoms with Crippen molar-refractivity contribution >= 4 is 6.08 Å². The van der Waals surface area contributed by atoms with Gasteiger partial charge in [0.05, 0.1) is 6.61 Å².